The summed E-state index contributed by atoms with van der Waals surface area (Å²) in [4.78, 5) is 39.8. The molecule has 0 radical (unpaired) electrons. The molecule has 3 aromatic carbocycles. The van der Waals surface area contributed by atoms with E-state index >= 15 is 0 Å². The summed E-state index contributed by atoms with van der Waals surface area (Å²) in [6, 6.07) is 18.2. The number of esters is 1. The second kappa shape index (κ2) is 10.4. The van der Waals surface area contributed by atoms with E-state index in [0.717, 1.165) is 16.7 Å². The van der Waals surface area contributed by atoms with Crippen LogP contribution in [0.25, 0.3) is 5.76 Å². The number of halogens is 1. The van der Waals surface area contributed by atoms with Crippen molar-refractivity contribution in [2.45, 2.75) is 19.5 Å². The predicted octanol–water partition coefficient (Wildman–Crippen LogP) is 5.17. The Hall–Kier alpha value is -3.91. The van der Waals surface area contributed by atoms with Crippen LogP contribution in [0.5, 0.6) is 5.75 Å². The zero-order valence-electron chi connectivity index (χ0n) is 19.9. The van der Waals surface area contributed by atoms with Gasteiger partial charge in [0.15, 0.2) is 0 Å². The van der Waals surface area contributed by atoms with E-state index in [1.54, 1.807) is 42.5 Å². The highest BCUT2D eigenvalue weighted by molar-refractivity contribution is 9.10. The minimum atomic E-state index is -0.799. The van der Waals surface area contributed by atoms with Gasteiger partial charge < -0.3 is 19.5 Å². The molecule has 8 heteroatoms. The average Bonchev–Trinajstić information content (AvgIpc) is 3.13. The van der Waals surface area contributed by atoms with E-state index in [1.165, 1.54) is 19.1 Å². The van der Waals surface area contributed by atoms with Crippen LogP contribution in [0.4, 0.5) is 0 Å². The van der Waals surface area contributed by atoms with Gasteiger partial charge in [0.05, 0.1) is 35.9 Å². The van der Waals surface area contributed by atoms with Crippen molar-refractivity contribution in [3.63, 3.8) is 0 Å². The number of benzene rings is 3. The van der Waals surface area contributed by atoms with Gasteiger partial charge in [-0.05, 0) is 69.9 Å². The minimum Gasteiger partial charge on any atom is -0.507 e. The zero-order chi connectivity index (χ0) is 26.0. The highest BCUT2D eigenvalue weighted by Crippen LogP contribution is 2.42. The van der Waals surface area contributed by atoms with Crippen LogP contribution >= 0.6 is 15.9 Å². The molecule has 0 spiro atoms. The second-order valence-corrected chi connectivity index (χ2v) is 9.18. The first-order valence-corrected chi connectivity index (χ1v) is 11.9. The van der Waals surface area contributed by atoms with E-state index in [9.17, 15) is 19.5 Å². The Kier molecular flexibility index (Phi) is 7.26. The average molecular weight is 550 g/mol. The van der Waals surface area contributed by atoms with Crippen LogP contribution in [-0.4, -0.2) is 41.9 Å². The van der Waals surface area contributed by atoms with Gasteiger partial charge in [0.25, 0.3) is 11.7 Å². The van der Waals surface area contributed by atoms with Crippen molar-refractivity contribution in [2.75, 3.05) is 14.2 Å². The summed E-state index contributed by atoms with van der Waals surface area (Å²) >= 11 is 3.41. The van der Waals surface area contributed by atoms with Crippen LogP contribution in [-0.2, 0) is 20.9 Å². The molecule has 1 N–H and O–H groups in total. The minimum absolute atomic E-state index is 0.0116. The Labute approximate surface area is 217 Å². The molecule has 0 aliphatic carbocycles. The number of aliphatic hydroxyl groups excluding tert-OH is 1. The summed E-state index contributed by atoms with van der Waals surface area (Å²) < 4.78 is 10.6. The number of carbonyl (C=O) groups excluding carboxylic acids is 3. The Morgan fingerprint density at radius 1 is 1.00 bits per heavy atom. The van der Waals surface area contributed by atoms with Crippen molar-refractivity contribution in [1.29, 1.82) is 0 Å². The topological polar surface area (TPSA) is 93.1 Å². The molecule has 0 bridgehead atoms. The molecule has 1 saturated heterocycles. The van der Waals surface area contributed by atoms with Crippen molar-refractivity contribution >= 4 is 39.3 Å². The van der Waals surface area contributed by atoms with E-state index in [1.807, 2.05) is 31.2 Å². The summed E-state index contributed by atoms with van der Waals surface area (Å²) in [6.45, 7) is 2.00. The fourth-order valence-corrected chi connectivity index (χ4v) is 4.83. The molecule has 1 amide bonds. The lowest BCUT2D eigenvalue weighted by Gasteiger charge is -2.26. The van der Waals surface area contributed by atoms with Crippen LogP contribution in [0, 0.1) is 6.92 Å². The van der Waals surface area contributed by atoms with Crippen LogP contribution < -0.4 is 4.74 Å². The van der Waals surface area contributed by atoms with Crippen molar-refractivity contribution in [2.24, 2.45) is 0 Å². The van der Waals surface area contributed by atoms with Crippen LogP contribution in [0.2, 0.25) is 0 Å². The predicted molar refractivity (Wildman–Crippen MR) is 138 cm³/mol. The number of carbonyl (C=O) groups is 3. The van der Waals surface area contributed by atoms with Gasteiger partial charge in [-0.2, -0.15) is 0 Å². The Balaban J connectivity index is 1.82. The van der Waals surface area contributed by atoms with Crippen LogP contribution in [0.15, 0.2) is 76.8 Å². The number of ether oxygens (including phenoxy) is 2. The zero-order valence-corrected chi connectivity index (χ0v) is 21.5. The fourth-order valence-electron chi connectivity index (χ4n) is 4.29. The molecule has 1 heterocycles. The van der Waals surface area contributed by atoms with Gasteiger partial charge in [-0.3, -0.25) is 9.59 Å². The third-order valence-electron chi connectivity index (χ3n) is 6.18. The van der Waals surface area contributed by atoms with Crippen molar-refractivity contribution < 1.29 is 29.0 Å². The van der Waals surface area contributed by atoms with Crippen LogP contribution in [0.1, 0.15) is 38.7 Å². The molecule has 3 aromatic rings. The summed E-state index contributed by atoms with van der Waals surface area (Å²) in [5.74, 6) is -1.65. The summed E-state index contributed by atoms with van der Waals surface area (Å²) in [6.07, 6.45) is 0. The van der Waals surface area contributed by atoms with Crippen molar-refractivity contribution in [1.82, 2.24) is 4.90 Å². The Morgan fingerprint density at radius 2 is 1.67 bits per heavy atom. The maximum Gasteiger partial charge on any atom is 0.337 e. The van der Waals surface area contributed by atoms with Gasteiger partial charge in [0.1, 0.15) is 11.5 Å². The lowest BCUT2D eigenvalue weighted by atomic mass is 9.92. The molecule has 4 rings (SSSR count). The number of likely N-dealkylation sites (tertiary alicyclic amines) is 1. The van der Waals surface area contributed by atoms with Gasteiger partial charge >= 0.3 is 5.97 Å². The van der Waals surface area contributed by atoms with Gasteiger partial charge in [-0.1, -0.05) is 36.4 Å². The summed E-state index contributed by atoms with van der Waals surface area (Å²) in [7, 11) is 2.83. The highest BCUT2D eigenvalue weighted by Gasteiger charge is 2.46. The molecule has 1 unspecified atom stereocenters. The molecular weight excluding hydrogens is 526 g/mol. The number of aliphatic hydroxyl groups is 1. The molecule has 1 aliphatic rings. The van der Waals surface area contributed by atoms with E-state index < -0.39 is 23.7 Å². The third-order valence-corrected chi connectivity index (χ3v) is 6.80. The molecule has 0 aromatic heterocycles. The lowest BCUT2D eigenvalue weighted by molar-refractivity contribution is -0.140. The SMILES string of the molecule is COC(=O)c1ccc(CN2C(=O)C(=O)/C(=C(/O)c3ccc(OC)c(Br)c3)C2c2ccccc2C)cc1. The number of ketones is 1. The van der Waals surface area contributed by atoms with Crippen LogP contribution in [0.3, 0.4) is 0 Å². The van der Waals surface area contributed by atoms with E-state index in [2.05, 4.69) is 15.9 Å². The summed E-state index contributed by atoms with van der Waals surface area (Å²) in [5.41, 5.74) is 3.09. The summed E-state index contributed by atoms with van der Waals surface area (Å²) in [5, 5.41) is 11.3. The van der Waals surface area contributed by atoms with Crippen molar-refractivity contribution in [3.8, 4) is 5.75 Å². The molecule has 0 saturated carbocycles. The Bertz CT molecular complexity index is 1380. The largest absolute Gasteiger partial charge is 0.507 e. The number of amides is 1. The number of hydrogen-bond donors (Lipinski definition) is 1. The van der Waals surface area contributed by atoms with Crippen molar-refractivity contribution in [3.05, 3.63) is 105 Å². The molecule has 1 atom stereocenters. The number of rotatable bonds is 6. The molecule has 7 nitrogen and oxygen atoms in total. The highest BCUT2D eigenvalue weighted by atomic mass is 79.9. The number of hydrogen-bond acceptors (Lipinski definition) is 6. The molecule has 1 fully saturated rings. The molecule has 184 valence electrons. The first-order valence-electron chi connectivity index (χ1n) is 11.1. The van der Waals surface area contributed by atoms with Gasteiger partial charge in [0.2, 0.25) is 0 Å². The smallest absolute Gasteiger partial charge is 0.337 e. The van der Waals surface area contributed by atoms with Gasteiger partial charge in [-0.15, -0.1) is 0 Å². The van der Waals surface area contributed by atoms with E-state index in [0.29, 0.717) is 21.3 Å². The monoisotopic (exact) mass is 549 g/mol. The number of aryl methyl sites for hydroxylation is 1. The van der Waals surface area contributed by atoms with Gasteiger partial charge in [-0.25, -0.2) is 4.79 Å². The van der Waals surface area contributed by atoms with Gasteiger partial charge in [0, 0.05) is 12.1 Å². The first kappa shape index (κ1) is 25.2. The lowest BCUT2D eigenvalue weighted by Crippen LogP contribution is -2.29. The third kappa shape index (κ3) is 4.64. The molecule has 36 heavy (non-hydrogen) atoms. The molecular formula is C28H24BrNO6. The first-order chi connectivity index (χ1) is 17.3. The standard InChI is InChI=1S/C28H24BrNO6/c1-16-6-4-5-7-20(16)24-23(25(31)19-12-13-22(35-2)21(29)14-19)26(32)27(33)30(24)15-17-8-10-18(11-9-17)28(34)36-3/h4-14,24,31H,15H2,1-3H3/b25-23+. The fraction of sp³-hybridized carbons (Fsp3) is 0.179. The number of methoxy groups -OCH3 is 2. The van der Waals surface area contributed by atoms with E-state index in [4.69, 9.17) is 9.47 Å². The quantitative estimate of drug-likeness (QED) is 0.197. The maximum absolute atomic E-state index is 13.3. The number of nitrogens with zero attached hydrogens (tertiary/aromatic N) is 1. The Morgan fingerprint density at radius 3 is 2.28 bits per heavy atom. The number of Topliss-reactive ketones (excluding diaryl/α,β-unsaturated/α-hetero) is 1. The van der Waals surface area contributed by atoms with E-state index in [-0.39, 0.29) is 17.9 Å². The maximum atomic E-state index is 13.3. The normalized spacial score (nSPS) is 16.8. The molecule has 1 aliphatic heterocycles. The second-order valence-electron chi connectivity index (χ2n) is 8.32.